The first-order chi connectivity index (χ1) is 12.3. The highest BCUT2D eigenvalue weighted by molar-refractivity contribution is 6.42. The number of rotatable bonds is 7. The molecule has 1 atom stereocenters. The SMILES string of the molecule is COc1cc(C(C)=O)ccc1OCC(=O)NC(C)c1ccc(Cl)c(Cl)c1. The van der Waals surface area contributed by atoms with E-state index in [0.29, 0.717) is 27.1 Å². The summed E-state index contributed by atoms with van der Waals surface area (Å²) in [5.41, 5.74) is 1.34. The van der Waals surface area contributed by atoms with Crippen LogP contribution in [0.2, 0.25) is 10.0 Å². The van der Waals surface area contributed by atoms with Crippen LogP contribution in [-0.4, -0.2) is 25.4 Å². The third-order valence-corrected chi connectivity index (χ3v) is 4.49. The molecule has 5 nitrogen and oxygen atoms in total. The number of carbonyl (C=O) groups is 2. The topological polar surface area (TPSA) is 64.6 Å². The molecule has 0 aliphatic rings. The maximum Gasteiger partial charge on any atom is 0.258 e. The molecule has 138 valence electrons. The second kappa shape index (κ2) is 8.92. The molecule has 1 N–H and O–H groups in total. The van der Waals surface area contributed by atoms with E-state index in [9.17, 15) is 9.59 Å². The first-order valence-corrected chi connectivity index (χ1v) is 8.63. The Balaban J connectivity index is 1.98. The Morgan fingerprint density at radius 2 is 1.81 bits per heavy atom. The fraction of sp³-hybridized carbons (Fsp3) is 0.263. The molecule has 2 aromatic carbocycles. The van der Waals surface area contributed by atoms with Gasteiger partial charge in [0, 0.05) is 5.56 Å². The molecular weight excluding hydrogens is 377 g/mol. The van der Waals surface area contributed by atoms with Gasteiger partial charge in [-0.05, 0) is 49.7 Å². The standard InChI is InChI=1S/C19H19Cl2NO4/c1-11(13-4-6-15(20)16(21)8-13)22-19(24)10-26-17-7-5-14(12(2)23)9-18(17)25-3/h4-9,11H,10H2,1-3H3,(H,22,24). The van der Waals surface area contributed by atoms with Crippen LogP contribution in [0.3, 0.4) is 0 Å². The Hall–Kier alpha value is -2.24. The second-order valence-corrected chi connectivity index (χ2v) is 6.49. The minimum absolute atomic E-state index is 0.0805. The fourth-order valence-electron chi connectivity index (χ4n) is 2.30. The van der Waals surface area contributed by atoms with E-state index in [0.717, 1.165) is 5.56 Å². The van der Waals surface area contributed by atoms with Gasteiger partial charge < -0.3 is 14.8 Å². The maximum atomic E-state index is 12.1. The number of carbonyl (C=O) groups excluding carboxylic acids is 2. The number of nitrogens with one attached hydrogen (secondary N) is 1. The second-order valence-electron chi connectivity index (χ2n) is 5.67. The van der Waals surface area contributed by atoms with Crippen molar-refractivity contribution in [3.05, 3.63) is 57.6 Å². The van der Waals surface area contributed by atoms with Gasteiger partial charge in [-0.15, -0.1) is 0 Å². The van der Waals surface area contributed by atoms with E-state index in [4.69, 9.17) is 32.7 Å². The van der Waals surface area contributed by atoms with Gasteiger partial charge in [0.1, 0.15) is 0 Å². The lowest BCUT2D eigenvalue weighted by atomic mass is 10.1. The van der Waals surface area contributed by atoms with E-state index in [-0.39, 0.29) is 24.3 Å². The molecule has 0 spiro atoms. The molecule has 0 radical (unpaired) electrons. The Bertz CT molecular complexity index is 823. The van der Waals surface area contributed by atoms with Crippen LogP contribution in [0.25, 0.3) is 0 Å². The molecule has 0 aliphatic heterocycles. The molecule has 26 heavy (non-hydrogen) atoms. The van der Waals surface area contributed by atoms with Crippen LogP contribution in [0, 0.1) is 0 Å². The van der Waals surface area contributed by atoms with Gasteiger partial charge >= 0.3 is 0 Å². The van der Waals surface area contributed by atoms with Gasteiger partial charge in [-0.3, -0.25) is 9.59 Å². The first kappa shape index (κ1) is 20.1. The monoisotopic (exact) mass is 395 g/mol. The summed E-state index contributed by atoms with van der Waals surface area (Å²) in [6.45, 7) is 3.11. The zero-order valence-corrected chi connectivity index (χ0v) is 16.1. The van der Waals surface area contributed by atoms with Gasteiger partial charge in [0.25, 0.3) is 5.91 Å². The molecule has 0 aromatic heterocycles. The Morgan fingerprint density at radius 1 is 1.08 bits per heavy atom. The molecule has 0 aliphatic carbocycles. The molecular formula is C19H19Cl2NO4. The predicted molar refractivity (Wildman–Crippen MR) is 102 cm³/mol. The Labute approximate surface area is 162 Å². The number of hydrogen-bond acceptors (Lipinski definition) is 4. The number of benzene rings is 2. The Kier molecular flexibility index (Phi) is 6.89. The van der Waals surface area contributed by atoms with Crippen molar-refractivity contribution < 1.29 is 19.1 Å². The van der Waals surface area contributed by atoms with Crippen molar-refractivity contribution in [2.45, 2.75) is 19.9 Å². The minimum atomic E-state index is -0.304. The van der Waals surface area contributed by atoms with Crippen molar-refractivity contribution in [3.8, 4) is 11.5 Å². The van der Waals surface area contributed by atoms with E-state index in [2.05, 4.69) is 5.32 Å². The van der Waals surface area contributed by atoms with E-state index >= 15 is 0 Å². The highest BCUT2D eigenvalue weighted by Crippen LogP contribution is 2.28. The van der Waals surface area contributed by atoms with Crippen molar-refractivity contribution >= 4 is 34.9 Å². The van der Waals surface area contributed by atoms with Crippen molar-refractivity contribution in [2.75, 3.05) is 13.7 Å². The zero-order chi connectivity index (χ0) is 19.3. The van der Waals surface area contributed by atoms with Gasteiger partial charge in [0.15, 0.2) is 23.9 Å². The molecule has 0 saturated heterocycles. The molecule has 0 fully saturated rings. The molecule has 0 bridgehead atoms. The largest absolute Gasteiger partial charge is 0.493 e. The first-order valence-electron chi connectivity index (χ1n) is 7.88. The number of hydrogen-bond donors (Lipinski definition) is 1. The zero-order valence-electron chi connectivity index (χ0n) is 14.6. The van der Waals surface area contributed by atoms with E-state index in [1.54, 1.807) is 36.4 Å². The highest BCUT2D eigenvalue weighted by Gasteiger charge is 2.14. The summed E-state index contributed by atoms with van der Waals surface area (Å²) in [6, 6.07) is 9.72. The van der Waals surface area contributed by atoms with Gasteiger partial charge in [0.2, 0.25) is 0 Å². The van der Waals surface area contributed by atoms with Crippen molar-refractivity contribution in [3.63, 3.8) is 0 Å². The average molecular weight is 396 g/mol. The summed E-state index contributed by atoms with van der Waals surface area (Å²) in [5.74, 6) is 0.391. The summed E-state index contributed by atoms with van der Waals surface area (Å²) in [5, 5.41) is 3.70. The molecule has 1 amide bonds. The quantitative estimate of drug-likeness (QED) is 0.702. The normalized spacial score (nSPS) is 11.6. The Morgan fingerprint density at radius 3 is 2.42 bits per heavy atom. The van der Waals surface area contributed by atoms with Crippen molar-refractivity contribution in [1.82, 2.24) is 5.32 Å². The molecule has 7 heteroatoms. The van der Waals surface area contributed by atoms with Crippen LogP contribution in [0.1, 0.15) is 35.8 Å². The summed E-state index contributed by atoms with van der Waals surface area (Å²) in [6.07, 6.45) is 0. The van der Waals surface area contributed by atoms with Gasteiger partial charge in [-0.1, -0.05) is 29.3 Å². The van der Waals surface area contributed by atoms with Crippen LogP contribution in [0.15, 0.2) is 36.4 Å². The van der Waals surface area contributed by atoms with E-state index in [1.807, 2.05) is 6.92 Å². The lowest BCUT2D eigenvalue weighted by Crippen LogP contribution is -2.31. The van der Waals surface area contributed by atoms with Crippen molar-refractivity contribution in [2.24, 2.45) is 0 Å². The van der Waals surface area contributed by atoms with Gasteiger partial charge in [0.05, 0.1) is 23.2 Å². The molecule has 2 rings (SSSR count). The summed E-state index contributed by atoms with van der Waals surface area (Å²) < 4.78 is 10.7. The number of ether oxygens (including phenoxy) is 2. The smallest absolute Gasteiger partial charge is 0.258 e. The van der Waals surface area contributed by atoms with Crippen LogP contribution in [0.4, 0.5) is 0 Å². The molecule has 2 aromatic rings. The summed E-state index contributed by atoms with van der Waals surface area (Å²) in [4.78, 5) is 23.6. The lowest BCUT2D eigenvalue weighted by Gasteiger charge is -2.16. The number of ketones is 1. The van der Waals surface area contributed by atoms with Crippen molar-refractivity contribution in [1.29, 1.82) is 0 Å². The number of amides is 1. The summed E-state index contributed by atoms with van der Waals surface area (Å²) in [7, 11) is 1.47. The van der Waals surface area contributed by atoms with E-state index in [1.165, 1.54) is 14.0 Å². The highest BCUT2D eigenvalue weighted by atomic mass is 35.5. The molecule has 1 unspecified atom stereocenters. The number of methoxy groups -OCH3 is 1. The maximum absolute atomic E-state index is 12.1. The molecule has 0 heterocycles. The average Bonchev–Trinajstić information content (AvgIpc) is 2.61. The lowest BCUT2D eigenvalue weighted by molar-refractivity contribution is -0.123. The molecule has 0 saturated carbocycles. The van der Waals surface area contributed by atoms with Gasteiger partial charge in [-0.25, -0.2) is 0 Å². The third kappa shape index (κ3) is 5.13. The minimum Gasteiger partial charge on any atom is -0.493 e. The van der Waals surface area contributed by atoms with Gasteiger partial charge in [-0.2, -0.15) is 0 Å². The number of Topliss-reactive ketones (excluding diaryl/α,β-unsaturated/α-hetero) is 1. The third-order valence-electron chi connectivity index (χ3n) is 3.75. The van der Waals surface area contributed by atoms with E-state index < -0.39 is 0 Å². The summed E-state index contributed by atoms with van der Waals surface area (Å²) >= 11 is 11.9. The van der Waals surface area contributed by atoms with Crippen LogP contribution < -0.4 is 14.8 Å². The van der Waals surface area contributed by atoms with Crippen LogP contribution in [0.5, 0.6) is 11.5 Å². The van der Waals surface area contributed by atoms with Crippen LogP contribution >= 0.6 is 23.2 Å². The fourth-order valence-corrected chi connectivity index (χ4v) is 2.60. The van der Waals surface area contributed by atoms with Crippen LogP contribution in [-0.2, 0) is 4.79 Å². The predicted octanol–water partition coefficient (Wildman–Crippen LogP) is 4.46. The number of halogens is 2.